The number of hydrogen-bond donors (Lipinski definition) is 2. The number of piperidine rings is 1. The van der Waals surface area contributed by atoms with Gasteiger partial charge in [0, 0.05) is 62.3 Å². The van der Waals surface area contributed by atoms with E-state index in [1.807, 2.05) is 37.3 Å². The van der Waals surface area contributed by atoms with Gasteiger partial charge in [-0.1, -0.05) is 18.6 Å². The van der Waals surface area contributed by atoms with Gasteiger partial charge in [0.2, 0.25) is 5.75 Å². The molecule has 0 saturated carbocycles. The first-order chi connectivity index (χ1) is 19.5. The number of rotatable bonds is 11. The molecule has 40 heavy (non-hydrogen) atoms. The molecule has 0 aliphatic carbocycles. The molecule has 2 aliphatic heterocycles. The number of carbonyl (C=O) groups is 1. The van der Waals surface area contributed by atoms with Crippen LogP contribution in [0.3, 0.4) is 0 Å². The summed E-state index contributed by atoms with van der Waals surface area (Å²) in [6.45, 7) is 12.0. The van der Waals surface area contributed by atoms with Crippen LogP contribution in [0.1, 0.15) is 37.4 Å². The van der Waals surface area contributed by atoms with Crippen molar-refractivity contribution in [2.45, 2.75) is 49.6 Å². The van der Waals surface area contributed by atoms with Crippen molar-refractivity contribution in [3.63, 3.8) is 0 Å². The number of ketones is 1. The Bertz CT molecular complexity index is 1270. The minimum Gasteiger partial charge on any atom is -0.490 e. The Hall–Kier alpha value is -3.15. The highest BCUT2D eigenvalue weighted by Crippen LogP contribution is 2.38. The predicted molar refractivity (Wildman–Crippen MR) is 159 cm³/mol. The number of likely N-dealkylation sites (tertiary alicyclic amines) is 1. The van der Waals surface area contributed by atoms with Gasteiger partial charge in [0.25, 0.3) is 0 Å². The number of aromatic nitrogens is 4. The summed E-state index contributed by atoms with van der Waals surface area (Å²) in [5.74, 6) is 2.82. The third-order valence-electron chi connectivity index (χ3n) is 7.42. The fraction of sp³-hybridized carbons (Fsp3) is 0.517. The molecule has 2 saturated heterocycles. The Morgan fingerprint density at radius 2 is 1.70 bits per heavy atom. The molecule has 5 rings (SSSR count). The molecular weight excluding hydrogens is 524 g/mol. The van der Waals surface area contributed by atoms with Gasteiger partial charge in [0.1, 0.15) is 5.78 Å². The Morgan fingerprint density at radius 3 is 2.33 bits per heavy atom. The maximum absolute atomic E-state index is 11.5. The van der Waals surface area contributed by atoms with Crippen LogP contribution in [0.15, 0.2) is 40.4 Å². The monoisotopic (exact) mass is 564 g/mol. The number of ether oxygens (including phenoxy) is 1. The van der Waals surface area contributed by atoms with Crippen molar-refractivity contribution in [3.05, 3.63) is 41.6 Å². The first kappa shape index (κ1) is 28.4. The molecule has 4 heterocycles. The summed E-state index contributed by atoms with van der Waals surface area (Å²) in [6, 6.07) is 9.94. The number of Topliss-reactive ketones (excluding diaryl/α,β-unsaturated/α-hetero) is 1. The van der Waals surface area contributed by atoms with Crippen LogP contribution in [-0.2, 0) is 11.2 Å². The van der Waals surface area contributed by atoms with Crippen molar-refractivity contribution < 1.29 is 9.53 Å². The first-order valence-electron chi connectivity index (χ1n) is 14.2. The number of H-pyrrole nitrogens is 1. The summed E-state index contributed by atoms with van der Waals surface area (Å²) in [5, 5.41) is 11.3. The van der Waals surface area contributed by atoms with Gasteiger partial charge in [0.05, 0.1) is 7.11 Å². The van der Waals surface area contributed by atoms with E-state index in [0.717, 1.165) is 61.2 Å². The van der Waals surface area contributed by atoms with E-state index in [9.17, 15) is 4.79 Å². The standard InChI is InChI=1S/C29H40N8O2S/c1-21-19-25(34-33-21)30-27-26(39-3)28(32-29(31-27)40-24-9-7-23(8-10-24)20-22(2)38)37-17-15-36(16-18-37)14-13-35-11-5-4-6-12-35/h7-10,19H,4-6,11-18,20H2,1-3H3,(H2,30,31,32,33,34). The number of hydrogen-bond acceptors (Lipinski definition) is 10. The largest absolute Gasteiger partial charge is 0.490 e. The number of piperazine rings is 1. The highest BCUT2D eigenvalue weighted by molar-refractivity contribution is 7.99. The average molecular weight is 565 g/mol. The van der Waals surface area contributed by atoms with Crippen LogP contribution in [0.5, 0.6) is 5.75 Å². The van der Waals surface area contributed by atoms with E-state index in [4.69, 9.17) is 14.7 Å². The van der Waals surface area contributed by atoms with E-state index in [1.54, 1.807) is 14.0 Å². The molecule has 0 amide bonds. The highest BCUT2D eigenvalue weighted by Gasteiger charge is 2.25. The summed E-state index contributed by atoms with van der Waals surface area (Å²) < 4.78 is 5.89. The van der Waals surface area contributed by atoms with Crippen molar-refractivity contribution in [1.82, 2.24) is 30.0 Å². The number of aromatic amines is 1. The molecule has 2 fully saturated rings. The maximum Gasteiger partial charge on any atom is 0.204 e. The Balaban J connectivity index is 1.33. The highest BCUT2D eigenvalue weighted by atomic mass is 32.2. The van der Waals surface area contributed by atoms with E-state index >= 15 is 0 Å². The SMILES string of the molecule is COc1c(Nc2cc(C)[nH]n2)nc(Sc2ccc(CC(C)=O)cc2)nc1N1CCN(CCN2CCCCC2)CC1. The minimum absolute atomic E-state index is 0.152. The molecule has 0 unspecified atom stereocenters. The number of carbonyl (C=O) groups excluding carboxylic acids is 1. The third kappa shape index (κ3) is 7.52. The number of anilines is 3. The number of aryl methyl sites for hydroxylation is 1. The second kappa shape index (κ2) is 13.5. The summed E-state index contributed by atoms with van der Waals surface area (Å²) in [5.41, 5.74) is 1.96. The Kier molecular flexibility index (Phi) is 9.56. The van der Waals surface area contributed by atoms with Crippen LogP contribution in [0, 0.1) is 6.92 Å². The lowest BCUT2D eigenvalue weighted by molar-refractivity contribution is -0.116. The van der Waals surface area contributed by atoms with Gasteiger partial charge >= 0.3 is 0 Å². The number of nitrogens with one attached hydrogen (secondary N) is 2. The molecule has 0 atom stereocenters. The van der Waals surface area contributed by atoms with Gasteiger partial charge in [-0.05, 0) is 69.2 Å². The van der Waals surface area contributed by atoms with Crippen molar-refractivity contribution in [2.75, 3.05) is 69.7 Å². The molecule has 0 bridgehead atoms. The summed E-state index contributed by atoms with van der Waals surface area (Å²) in [7, 11) is 1.67. The fourth-order valence-electron chi connectivity index (χ4n) is 5.27. The van der Waals surface area contributed by atoms with Crippen molar-refractivity contribution in [1.29, 1.82) is 0 Å². The molecule has 2 aliphatic rings. The van der Waals surface area contributed by atoms with Crippen LogP contribution < -0.4 is 15.0 Å². The molecule has 1 aromatic carbocycles. The molecule has 10 nitrogen and oxygen atoms in total. The second-order valence-corrected chi connectivity index (χ2v) is 11.7. The van der Waals surface area contributed by atoms with Crippen LogP contribution in [0.2, 0.25) is 0 Å². The lowest BCUT2D eigenvalue weighted by Crippen LogP contribution is -2.49. The Morgan fingerprint density at radius 1 is 1.00 bits per heavy atom. The van der Waals surface area contributed by atoms with Crippen molar-refractivity contribution in [2.24, 2.45) is 0 Å². The lowest BCUT2D eigenvalue weighted by Gasteiger charge is -2.37. The summed E-state index contributed by atoms with van der Waals surface area (Å²) >= 11 is 1.49. The van der Waals surface area contributed by atoms with E-state index < -0.39 is 0 Å². The molecule has 0 radical (unpaired) electrons. The zero-order valence-corrected chi connectivity index (χ0v) is 24.6. The average Bonchev–Trinajstić information content (AvgIpc) is 3.37. The fourth-order valence-corrected chi connectivity index (χ4v) is 6.02. The third-order valence-corrected chi connectivity index (χ3v) is 8.30. The van der Waals surface area contributed by atoms with E-state index in [-0.39, 0.29) is 5.78 Å². The zero-order chi connectivity index (χ0) is 27.9. The van der Waals surface area contributed by atoms with E-state index in [2.05, 4.69) is 30.2 Å². The first-order valence-corrected chi connectivity index (χ1v) is 15.0. The minimum atomic E-state index is 0.152. The van der Waals surface area contributed by atoms with Gasteiger partial charge in [-0.2, -0.15) is 5.10 Å². The topological polar surface area (TPSA) is 103 Å². The van der Waals surface area contributed by atoms with Gasteiger partial charge in [-0.3, -0.25) is 14.8 Å². The van der Waals surface area contributed by atoms with Crippen molar-refractivity contribution >= 4 is 35.0 Å². The maximum atomic E-state index is 11.5. The summed E-state index contributed by atoms with van der Waals surface area (Å²) in [4.78, 5) is 29.8. The van der Waals surface area contributed by atoms with Gasteiger partial charge < -0.3 is 19.9 Å². The van der Waals surface area contributed by atoms with E-state index in [0.29, 0.717) is 29.0 Å². The van der Waals surface area contributed by atoms with Gasteiger partial charge in [-0.15, -0.1) is 0 Å². The van der Waals surface area contributed by atoms with Crippen LogP contribution in [-0.4, -0.2) is 95.2 Å². The summed E-state index contributed by atoms with van der Waals surface area (Å²) in [6.07, 6.45) is 4.48. The predicted octanol–water partition coefficient (Wildman–Crippen LogP) is 4.15. The molecule has 2 aromatic heterocycles. The molecule has 0 spiro atoms. The molecule has 11 heteroatoms. The Labute approximate surface area is 240 Å². The number of benzene rings is 1. The molecular formula is C29H40N8O2S. The van der Waals surface area contributed by atoms with Crippen LogP contribution >= 0.6 is 11.8 Å². The molecule has 214 valence electrons. The van der Waals surface area contributed by atoms with Crippen LogP contribution in [0.25, 0.3) is 0 Å². The van der Waals surface area contributed by atoms with Gasteiger partial charge in [0.15, 0.2) is 22.6 Å². The quantitative estimate of drug-likeness (QED) is 0.330. The second-order valence-electron chi connectivity index (χ2n) is 10.6. The van der Waals surface area contributed by atoms with Crippen LogP contribution in [0.4, 0.5) is 17.5 Å². The number of nitrogens with zero attached hydrogens (tertiary/aromatic N) is 6. The molecule has 2 N–H and O–H groups in total. The van der Waals surface area contributed by atoms with E-state index in [1.165, 1.54) is 44.1 Å². The normalized spacial score (nSPS) is 16.7. The smallest absolute Gasteiger partial charge is 0.204 e. The van der Waals surface area contributed by atoms with Crippen molar-refractivity contribution in [3.8, 4) is 5.75 Å². The lowest BCUT2D eigenvalue weighted by atomic mass is 10.1. The molecule has 3 aromatic rings. The van der Waals surface area contributed by atoms with Gasteiger partial charge in [-0.25, -0.2) is 9.97 Å². The number of methoxy groups -OCH3 is 1. The zero-order valence-electron chi connectivity index (χ0n) is 23.8.